The zero-order valence-corrected chi connectivity index (χ0v) is 13.0. The second-order valence-electron chi connectivity index (χ2n) is 6.50. The van der Waals surface area contributed by atoms with Crippen LogP contribution in [0.15, 0.2) is 0 Å². The van der Waals surface area contributed by atoms with E-state index in [0.717, 1.165) is 38.8 Å². The average Bonchev–Trinajstić information content (AvgIpc) is 2.32. The maximum absolute atomic E-state index is 12.2. The van der Waals surface area contributed by atoms with Crippen molar-refractivity contribution >= 4 is 5.91 Å². The fourth-order valence-corrected chi connectivity index (χ4v) is 2.94. The summed E-state index contributed by atoms with van der Waals surface area (Å²) in [4.78, 5) is 14.4. The molecule has 1 saturated carbocycles. The van der Waals surface area contributed by atoms with Crippen LogP contribution < -0.4 is 11.1 Å². The summed E-state index contributed by atoms with van der Waals surface area (Å²) >= 11 is 0. The lowest BCUT2D eigenvalue weighted by Gasteiger charge is -2.36. The topological polar surface area (TPSA) is 58.4 Å². The van der Waals surface area contributed by atoms with Crippen molar-refractivity contribution < 1.29 is 4.79 Å². The Morgan fingerprint density at radius 3 is 2.53 bits per heavy atom. The van der Waals surface area contributed by atoms with Crippen molar-refractivity contribution in [1.29, 1.82) is 0 Å². The van der Waals surface area contributed by atoms with Crippen LogP contribution in [0.2, 0.25) is 0 Å². The van der Waals surface area contributed by atoms with Gasteiger partial charge in [0.15, 0.2) is 0 Å². The number of unbranched alkanes of at least 4 members (excludes halogenated alkanes) is 1. The molecule has 0 bridgehead atoms. The van der Waals surface area contributed by atoms with E-state index in [1.54, 1.807) is 0 Å². The van der Waals surface area contributed by atoms with Gasteiger partial charge in [-0.1, -0.05) is 13.8 Å². The van der Waals surface area contributed by atoms with Crippen molar-refractivity contribution in [3.8, 4) is 0 Å². The Morgan fingerprint density at radius 1 is 1.21 bits per heavy atom. The number of hydrogen-bond donors (Lipinski definition) is 2. The van der Waals surface area contributed by atoms with Crippen molar-refractivity contribution in [2.75, 3.05) is 27.2 Å². The second kappa shape index (κ2) is 7.85. The number of carbonyl (C=O) groups is 1. The molecule has 0 aliphatic heterocycles. The van der Waals surface area contributed by atoms with Gasteiger partial charge in [0.1, 0.15) is 0 Å². The summed E-state index contributed by atoms with van der Waals surface area (Å²) in [6, 6.07) is 0.181. The molecule has 4 atom stereocenters. The molecular weight excluding hydrogens is 238 g/mol. The van der Waals surface area contributed by atoms with E-state index in [-0.39, 0.29) is 17.9 Å². The van der Waals surface area contributed by atoms with Crippen LogP contribution in [0.1, 0.15) is 39.5 Å². The van der Waals surface area contributed by atoms with Gasteiger partial charge >= 0.3 is 0 Å². The van der Waals surface area contributed by atoms with Crippen molar-refractivity contribution in [2.24, 2.45) is 23.5 Å². The minimum atomic E-state index is 0.111. The van der Waals surface area contributed by atoms with E-state index in [0.29, 0.717) is 11.8 Å². The van der Waals surface area contributed by atoms with Crippen LogP contribution in [0.4, 0.5) is 0 Å². The summed E-state index contributed by atoms with van der Waals surface area (Å²) in [6.07, 6.45) is 4.09. The number of nitrogens with zero attached hydrogens (tertiary/aromatic N) is 1. The maximum Gasteiger partial charge on any atom is 0.223 e. The third-order valence-electron chi connectivity index (χ3n) is 4.36. The van der Waals surface area contributed by atoms with E-state index >= 15 is 0 Å². The van der Waals surface area contributed by atoms with Crippen LogP contribution in [-0.4, -0.2) is 44.0 Å². The molecule has 0 spiro atoms. The van der Waals surface area contributed by atoms with E-state index < -0.39 is 0 Å². The van der Waals surface area contributed by atoms with E-state index in [9.17, 15) is 4.79 Å². The van der Waals surface area contributed by atoms with Gasteiger partial charge in [-0.15, -0.1) is 0 Å². The molecule has 3 N–H and O–H groups in total. The normalized spacial score (nSPS) is 31.5. The van der Waals surface area contributed by atoms with Gasteiger partial charge in [0.05, 0.1) is 0 Å². The summed E-state index contributed by atoms with van der Waals surface area (Å²) in [5.41, 5.74) is 6.09. The maximum atomic E-state index is 12.2. The van der Waals surface area contributed by atoms with Crippen molar-refractivity contribution in [3.05, 3.63) is 0 Å². The number of carbonyl (C=O) groups excluding carboxylic acids is 1. The lowest BCUT2D eigenvalue weighted by atomic mass is 9.72. The molecule has 4 nitrogen and oxygen atoms in total. The second-order valence-corrected chi connectivity index (χ2v) is 6.50. The first-order valence-corrected chi connectivity index (χ1v) is 7.59. The summed E-state index contributed by atoms with van der Waals surface area (Å²) in [5.74, 6) is 1.32. The first-order valence-electron chi connectivity index (χ1n) is 7.59. The molecule has 0 saturated heterocycles. The number of rotatable bonds is 6. The first kappa shape index (κ1) is 16.4. The monoisotopic (exact) mass is 269 g/mol. The molecule has 1 fully saturated rings. The Kier molecular flexibility index (Phi) is 6.80. The van der Waals surface area contributed by atoms with Crippen molar-refractivity contribution in [1.82, 2.24) is 10.2 Å². The molecule has 1 amide bonds. The van der Waals surface area contributed by atoms with Gasteiger partial charge in [-0.2, -0.15) is 0 Å². The molecular formula is C15H31N3O. The molecule has 0 heterocycles. The Labute approximate surface area is 118 Å². The zero-order valence-electron chi connectivity index (χ0n) is 13.0. The van der Waals surface area contributed by atoms with Crippen LogP contribution in [0.5, 0.6) is 0 Å². The highest BCUT2D eigenvalue weighted by Gasteiger charge is 2.34. The lowest BCUT2D eigenvalue weighted by Crippen LogP contribution is -2.45. The van der Waals surface area contributed by atoms with Gasteiger partial charge in [-0.05, 0) is 58.2 Å². The molecule has 1 rings (SSSR count). The van der Waals surface area contributed by atoms with Crippen LogP contribution in [0, 0.1) is 17.8 Å². The van der Waals surface area contributed by atoms with Gasteiger partial charge in [-0.25, -0.2) is 0 Å². The van der Waals surface area contributed by atoms with Gasteiger partial charge in [-0.3, -0.25) is 4.79 Å². The molecule has 4 heteroatoms. The molecule has 1 aliphatic carbocycles. The van der Waals surface area contributed by atoms with E-state index in [1.807, 2.05) is 0 Å². The highest BCUT2D eigenvalue weighted by atomic mass is 16.1. The first-order chi connectivity index (χ1) is 8.91. The predicted octanol–water partition coefficient (Wildman–Crippen LogP) is 1.45. The van der Waals surface area contributed by atoms with Gasteiger partial charge in [0.25, 0.3) is 0 Å². The third kappa shape index (κ3) is 5.49. The number of hydrogen-bond acceptors (Lipinski definition) is 3. The Hall–Kier alpha value is -0.610. The number of amides is 1. The quantitative estimate of drug-likeness (QED) is 0.718. The standard InChI is InChI=1S/C15H31N3O/c1-11-9-12(2)14(16)10-13(11)15(19)17-7-5-6-8-18(3)4/h11-14H,5-10,16H2,1-4H3,(H,17,19). The van der Waals surface area contributed by atoms with E-state index in [1.165, 1.54) is 0 Å². The van der Waals surface area contributed by atoms with E-state index in [4.69, 9.17) is 5.73 Å². The van der Waals surface area contributed by atoms with Crippen LogP contribution in [0.25, 0.3) is 0 Å². The van der Waals surface area contributed by atoms with Crippen LogP contribution in [-0.2, 0) is 4.79 Å². The Balaban J connectivity index is 2.25. The Morgan fingerprint density at radius 2 is 1.89 bits per heavy atom. The van der Waals surface area contributed by atoms with Crippen LogP contribution in [0.3, 0.4) is 0 Å². The fraction of sp³-hybridized carbons (Fsp3) is 0.933. The van der Waals surface area contributed by atoms with Crippen LogP contribution >= 0.6 is 0 Å². The predicted molar refractivity (Wildman–Crippen MR) is 79.8 cm³/mol. The molecule has 4 unspecified atom stereocenters. The molecule has 112 valence electrons. The molecule has 19 heavy (non-hydrogen) atoms. The average molecular weight is 269 g/mol. The number of nitrogens with one attached hydrogen (secondary N) is 1. The summed E-state index contributed by atoms with van der Waals surface area (Å²) in [5, 5.41) is 3.08. The smallest absolute Gasteiger partial charge is 0.223 e. The third-order valence-corrected chi connectivity index (χ3v) is 4.36. The molecule has 1 aliphatic rings. The van der Waals surface area contributed by atoms with Gasteiger partial charge in [0.2, 0.25) is 5.91 Å². The fourth-order valence-electron chi connectivity index (χ4n) is 2.94. The van der Waals surface area contributed by atoms with Gasteiger partial charge in [0, 0.05) is 18.5 Å². The van der Waals surface area contributed by atoms with Crippen molar-refractivity contribution in [2.45, 2.75) is 45.6 Å². The molecule has 0 aromatic rings. The number of nitrogens with two attached hydrogens (primary N) is 1. The zero-order chi connectivity index (χ0) is 14.4. The minimum Gasteiger partial charge on any atom is -0.356 e. The summed E-state index contributed by atoms with van der Waals surface area (Å²) < 4.78 is 0. The largest absolute Gasteiger partial charge is 0.356 e. The summed E-state index contributed by atoms with van der Waals surface area (Å²) in [6.45, 7) is 6.24. The SMILES string of the molecule is CC1CC(C)C(C(=O)NCCCCN(C)C)CC1N. The Bertz CT molecular complexity index is 281. The highest BCUT2D eigenvalue weighted by Crippen LogP contribution is 2.32. The molecule has 0 radical (unpaired) electrons. The molecule has 0 aromatic heterocycles. The lowest BCUT2D eigenvalue weighted by molar-refractivity contribution is -0.128. The highest BCUT2D eigenvalue weighted by molar-refractivity contribution is 5.79. The van der Waals surface area contributed by atoms with Gasteiger partial charge < -0.3 is 16.0 Å². The minimum absolute atomic E-state index is 0.111. The molecule has 0 aromatic carbocycles. The summed E-state index contributed by atoms with van der Waals surface area (Å²) in [7, 11) is 4.15. The van der Waals surface area contributed by atoms with Crippen molar-refractivity contribution in [3.63, 3.8) is 0 Å². The van der Waals surface area contributed by atoms with E-state index in [2.05, 4.69) is 38.2 Å².